The van der Waals surface area contributed by atoms with Gasteiger partial charge in [0.1, 0.15) is 5.75 Å². The van der Waals surface area contributed by atoms with Gasteiger partial charge >= 0.3 is 5.97 Å². The number of Topliss-reactive ketones (excluding diaryl/α,β-unsaturated/α-hetero) is 1. The van der Waals surface area contributed by atoms with Gasteiger partial charge in [0.2, 0.25) is 0 Å². The molecule has 0 atom stereocenters. The average molecular weight is 353 g/mol. The molecule has 0 aliphatic rings. The van der Waals surface area contributed by atoms with Crippen LogP contribution in [0.2, 0.25) is 0 Å². The second-order valence-corrected chi connectivity index (χ2v) is 5.76. The van der Waals surface area contributed by atoms with Crippen LogP contribution in [0.5, 0.6) is 5.75 Å². The van der Waals surface area contributed by atoms with Crippen molar-refractivity contribution in [1.29, 1.82) is 0 Å². The van der Waals surface area contributed by atoms with E-state index in [2.05, 4.69) is 10.1 Å². The quantitative estimate of drug-likeness (QED) is 0.500. The minimum atomic E-state index is -0.595. The third-order valence-electron chi connectivity index (χ3n) is 3.92. The molecule has 0 radical (unpaired) electrons. The van der Waals surface area contributed by atoms with Crippen molar-refractivity contribution in [3.8, 4) is 5.75 Å². The highest BCUT2D eigenvalue weighted by Gasteiger charge is 2.15. The van der Waals surface area contributed by atoms with Gasteiger partial charge < -0.3 is 9.47 Å². The van der Waals surface area contributed by atoms with Crippen LogP contribution in [0, 0.1) is 6.92 Å². The van der Waals surface area contributed by atoms with Crippen molar-refractivity contribution in [2.75, 3.05) is 13.2 Å². The molecule has 0 saturated carbocycles. The minimum Gasteiger partial charge on any atom is -0.494 e. The van der Waals surface area contributed by atoms with Crippen LogP contribution in [-0.4, -0.2) is 39.7 Å². The molecule has 26 heavy (non-hydrogen) atoms. The van der Waals surface area contributed by atoms with Gasteiger partial charge in [0.25, 0.3) is 0 Å². The van der Waals surface area contributed by atoms with E-state index in [1.54, 1.807) is 42.1 Å². The standard InChI is InChI=1S/C19H19N3O4/c1-4-25-15-7-5-13(6-8-15)17(23)11-26-19(24)14-9-16-12(2)21-22(3)18(16)20-10-14/h5-10H,4,11H2,1-3H3. The Morgan fingerprint density at radius 1 is 1.15 bits per heavy atom. The normalized spacial score (nSPS) is 10.7. The third kappa shape index (κ3) is 3.56. The van der Waals surface area contributed by atoms with E-state index >= 15 is 0 Å². The van der Waals surface area contributed by atoms with Crippen LogP contribution in [0.4, 0.5) is 0 Å². The van der Waals surface area contributed by atoms with Gasteiger partial charge in [-0.1, -0.05) is 0 Å². The van der Waals surface area contributed by atoms with Crippen molar-refractivity contribution in [2.45, 2.75) is 13.8 Å². The number of fused-ring (bicyclic) bond motifs is 1. The summed E-state index contributed by atoms with van der Waals surface area (Å²) in [4.78, 5) is 28.6. The van der Waals surface area contributed by atoms with Crippen molar-refractivity contribution in [3.63, 3.8) is 0 Å². The molecule has 134 valence electrons. The molecule has 0 aliphatic carbocycles. The Bertz CT molecular complexity index is 961. The Morgan fingerprint density at radius 3 is 2.58 bits per heavy atom. The van der Waals surface area contributed by atoms with E-state index in [0.29, 0.717) is 23.6 Å². The number of ketones is 1. The van der Waals surface area contributed by atoms with Gasteiger partial charge in [-0.25, -0.2) is 9.78 Å². The Hall–Kier alpha value is -3.22. The fourth-order valence-electron chi connectivity index (χ4n) is 2.62. The number of rotatable bonds is 6. The predicted molar refractivity (Wildman–Crippen MR) is 95.5 cm³/mol. The molecule has 7 nitrogen and oxygen atoms in total. The molecule has 0 unspecified atom stereocenters. The number of carbonyl (C=O) groups is 2. The zero-order valence-corrected chi connectivity index (χ0v) is 14.9. The molecule has 3 rings (SSSR count). The minimum absolute atomic E-state index is 0.284. The fourth-order valence-corrected chi connectivity index (χ4v) is 2.62. The van der Waals surface area contributed by atoms with E-state index < -0.39 is 5.97 Å². The molecule has 2 heterocycles. The fraction of sp³-hybridized carbons (Fsp3) is 0.263. The molecule has 0 saturated heterocycles. The largest absolute Gasteiger partial charge is 0.494 e. The Balaban J connectivity index is 1.66. The van der Waals surface area contributed by atoms with Crippen LogP contribution in [0.25, 0.3) is 11.0 Å². The first-order chi connectivity index (χ1) is 12.5. The summed E-state index contributed by atoms with van der Waals surface area (Å²) in [5.74, 6) is -0.192. The van der Waals surface area contributed by atoms with Crippen LogP contribution < -0.4 is 4.74 Å². The molecule has 0 amide bonds. The highest BCUT2D eigenvalue weighted by atomic mass is 16.5. The topological polar surface area (TPSA) is 83.3 Å². The van der Waals surface area contributed by atoms with Crippen molar-refractivity contribution < 1.29 is 19.1 Å². The predicted octanol–water partition coefficient (Wildman–Crippen LogP) is 2.72. The summed E-state index contributed by atoms with van der Waals surface area (Å²) < 4.78 is 12.1. The third-order valence-corrected chi connectivity index (χ3v) is 3.92. The summed E-state index contributed by atoms with van der Waals surface area (Å²) in [7, 11) is 1.79. The zero-order chi connectivity index (χ0) is 18.7. The molecule has 2 aromatic heterocycles. The zero-order valence-electron chi connectivity index (χ0n) is 14.9. The van der Waals surface area contributed by atoms with E-state index in [1.807, 2.05) is 13.8 Å². The van der Waals surface area contributed by atoms with Crippen LogP contribution >= 0.6 is 0 Å². The second kappa shape index (κ2) is 7.35. The number of esters is 1. The van der Waals surface area contributed by atoms with Gasteiger partial charge in [0.05, 0.1) is 17.9 Å². The van der Waals surface area contributed by atoms with Crippen molar-refractivity contribution >= 4 is 22.8 Å². The molecule has 0 bridgehead atoms. The molecular formula is C19H19N3O4. The van der Waals surface area contributed by atoms with Crippen LogP contribution in [0.15, 0.2) is 36.5 Å². The maximum absolute atomic E-state index is 12.2. The monoisotopic (exact) mass is 353 g/mol. The Kier molecular flexibility index (Phi) is 4.97. The summed E-state index contributed by atoms with van der Waals surface area (Å²) >= 11 is 0. The average Bonchev–Trinajstić information content (AvgIpc) is 2.94. The molecule has 0 spiro atoms. The number of hydrogen-bond donors (Lipinski definition) is 0. The van der Waals surface area contributed by atoms with E-state index in [1.165, 1.54) is 6.20 Å². The van der Waals surface area contributed by atoms with E-state index in [4.69, 9.17) is 9.47 Å². The second-order valence-electron chi connectivity index (χ2n) is 5.76. The van der Waals surface area contributed by atoms with Crippen molar-refractivity contribution in [1.82, 2.24) is 14.8 Å². The number of nitrogens with zero attached hydrogens (tertiary/aromatic N) is 3. The number of carbonyl (C=O) groups excluding carboxylic acids is 2. The number of aryl methyl sites for hydroxylation is 2. The van der Waals surface area contributed by atoms with E-state index in [0.717, 1.165) is 11.1 Å². The Labute approximate surface area is 150 Å². The van der Waals surface area contributed by atoms with Crippen molar-refractivity contribution in [2.24, 2.45) is 7.05 Å². The van der Waals surface area contributed by atoms with Gasteiger partial charge in [-0.2, -0.15) is 5.10 Å². The van der Waals surface area contributed by atoms with Gasteiger partial charge in [0, 0.05) is 24.2 Å². The first kappa shape index (κ1) is 17.6. The number of hydrogen-bond acceptors (Lipinski definition) is 6. The molecular weight excluding hydrogens is 334 g/mol. The highest BCUT2D eigenvalue weighted by Crippen LogP contribution is 2.17. The number of aromatic nitrogens is 3. The first-order valence-corrected chi connectivity index (χ1v) is 8.22. The number of pyridine rings is 1. The summed E-state index contributed by atoms with van der Waals surface area (Å²) in [6.07, 6.45) is 1.42. The maximum atomic E-state index is 12.2. The molecule has 0 N–H and O–H groups in total. The summed E-state index contributed by atoms with van der Waals surface area (Å²) in [6.45, 7) is 3.95. The van der Waals surface area contributed by atoms with Crippen molar-refractivity contribution in [3.05, 3.63) is 53.3 Å². The van der Waals surface area contributed by atoms with Crippen LogP contribution in [0.3, 0.4) is 0 Å². The van der Waals surface area contributed by atoms with Gasteiger partial charge in [0.15, 0.2) is 18.0 Å². The first-order valence-electron chi connectivity index (χ1n) is 8.22. The SMILES string of the molecule is CCOc1ccc(C(=O)COC(=O)c2cnc3c(c2)c(C)nn3C)cc1. The van der Waals surface area contributed by atoms with E-state index in [-0.39, 0.29) is 18.0 Å². The molecule has 7 heteroatoms. The lowest BCUT2D eigenvalue weighted by Crippen LogP contribution is -2.14. The highest BCUT2D eigenvalue weighted by molar-refractivity contribution is 6.00. The van der Waals surface area contributed by atoms with Gasteiger partial charge in [-0.15, -0.1) is 0 Å². The summed E-state index contributed by atoms with van der Waals surface area (Å²) in [5, 5.41) is 5.04. The van der Waals surface area contributed by atoms with Gasteiger partial charge in [-0.05, 0) is 44.2 Å². The van der Waals surface area contributed by atoms with Crippen LogP contribution in [0.1, 0.15) is 33.3 Å². The lowest BCUT2D eigenvalue weighted by Gasteiger charge is -2.06. The molecule has 1 aromatic carbocycles. The maximum Gasteiger partial charge on any atom is 0.340 e. The molecule has 0 fully saturated rings. The molecule has 3 aromatic rings. The lowest BCUT2D eigenvalue weighted by atomic mass is 10.1. The van der Waals surface area contributed by atoms with Gasteiger partial charge in [-0.3, -0.25) is 9.48 Å². The smallest absolute Gasteiger partial charge is 0.340 e. The summed E-state index contributed by atoms with van der Waals surface area (Å²) in [5.41, 5.74) is 2.20. The Morgan fingerprint density at radius 2 is 1.88 bits per heavy atom. The summed E-state index contributed by atoms with van der Waals surface area (Å²) in [6, 6.07) is 8.39. The van der Waals surface area contributed by atoms with Crippen LogP contribution in [-0.2, 0) is 11.8 Å². The molecule has 0 aliphatic heterocycles. The number of benzene rings is 1. The lowest BCUT2D eigenvalue weighted by molar-refractivity contribution is 0.0474. The van der Waals surface area contributed by atoms with E-state index in [9.17, 15) is 9.59 Å². The number of ether oxygens (including phenoxy) is 2.